The largest absolute Gasteiger partial charge is 0.545 e. The first-order valence-corrected chi connectivity index (χ1v) is 9.45. The number of carbonyl (C=O) groups excluding carboxylic acids is 4. The van der Waals surface area contributed by atoms with Gasteiger partial charge in [0.1, 0.15) is 18.1 Å². The number of rotatable bonds is 6. The Kier molecular flexibility index (Phi) is 5.88. The Hall–Kier alpha value is -3.33. The van der Waals surface area contributed by atoms with Crippen molar-refractivity contribution in [2.45, 2.75) is 13.8 Å². The quantitative estimate of drug-likeness (QED) is 0.522. The van der Waals surface area contributed by atoms with Crippen molar-refractivity contribution in [1.29, 1.82) is 0 Å². The molecule has 0 aliphatic carbocycles. The van der Waals surface area contributed by atoms with Gasteiger partial charge in [0.05, 0.1) is 17.5 Å². The van der Waals surface area contributed by atoms with Gasteiger partial charge in [0.2, 0.25) is 0 Å². The molecular formula is C20H16NO7S-. The number of amides is 2. The van der Waals surface area contributed by atoms with Crippen LogP contribution in [0.2, 0.25) is 0 Å². The van der Waals surface area contributed by atoms with Crippen LogP contribution in [-0.2, 0) is 14.3 Å². The van der Waals surface area contributed by atoms with E-state index in [0.29, 0.717) is 28.8 Å². The zero-order valence-corrected chi connectivity index (χ0v) is 16.4. The Morgan fingerprint density at radius 1 is 1.24 bits per heavy atom. The van der Waals surface area contributed by atoms with Crippen LogP contribution in [0.25, 0.3) is 17.4 Å². The molecule has 0 atom stereocenters. The second kappa shape index (κ2) is 8.36. The number of esters is 1. The second-order valence-corrected chi connectivity index (χ2v) is 7.09. The third kappa shape index (κ3) is 4.40. The van der Waals surface area contributed by atoms with Gasteiger partial charge in [0.25, 0.3) is 11.1 Å². The fourth-order valence-corrected chi connectivity index (χ4v) is 3.51. The van der Waals surface area contributed by atoms with Gasteiger partial charge in [-0.3, -0.25) is 19.3 Å². The molecule has 1 saturated heterocycles. The number of ether oxygens (including phenoxy) is 1. The Bertz CT molecular complexity index is 1040. The summed E-state index contributed by atoms with van der Waals surface area (Å²) in [6.45, 7) is 3.13. The minimum Gasteiger partial charge on any atom is -0.545 e. The molecule has 3 rings (SSSR count). The van der Waals surface area contributed by atoms with Crippen LogP contribution in [0.3, 0.4) is 0 Å². The molecule has 0 spiro atoms. The number of aryl methyl sites for hydroxylation is 1. The van der Waals surface area contributed by atoms with E-state index in [0.717, 1.165) is 10.5 Å². The van der Waals surface area contributed by atoms with Crippen molar-refractivity contribution in [3.63, 3.8) is 0 Å². The third-order valence-corrected chi connectivity index (χ3v) is 5.01. The molecule has 1 aromatic heterocycles. The van der Waals surface area contributed by atoms with E-state index in [2.05, 4.69) is 0 Å². The van der Waals surface area contributed by atoms with Crippen LogP contribution in [0.1, 0.15) is 28.6 Å². The molecule has 9 heteroatoms. The molecular weight excluding hydrogens is 398 g/mol. The Morgan fingerprint density at radius 3 is 2.69 bits per heavy atom. The van der Waals surface area contributed by atoms with Crippen LogP contribution in [0.4, 0.5) is 4.79 Å². The lowest BCUT2D eigenvalue weighted by Gasteiger charge is -2.10. The maximum atomic E-state index is 12.4. The van der Waals surface area contributed by atoms with Crippen molar-refractivity contribution in [2.24, 2.45) is 0 Å². The number of carbonyl (C=O) groups is 4. The predicted octanol–water partition coefficient (Wildman–Crippen LogP) is 2.22. The lowest BCUT2D eigenvalue weighted by Crippen LogP contribution is -2.34. The van der Waals surface area contributed by atoms with Crippen LogP contribution < -0.4 is 5.11 Å². The van der Waals surface area contributed by atoms with E-state index in [9.17, 15) is 24.3 Å². The van der Waals surface area contributed by atoms with Gasteiger partial charge >= 0.3 is 5.97 Å². The van der Waals surface area contributed by atoms with Gasteiger partial charge in [-0.1, -0.05) is 12.1 Å². The van der Waals surface area contributed by atoms with E-state index in [-0.39, 0.29) is 17.1 Å². The lowest BCUT2D eigenvalue weighted by atomic mass is 10.0. The smallest absolute Gasteiger partial charge is 0.326 e. The van der Waals surface area contributed by atoms with Crippen molar-refractivity contribution in [3.8, 4) is 11.3 Å². The normalized spacial score (nSPS) is 15.2. The molecule has 29 heavy (non-hydrogen) atoms. The fourth-order valence-electron chi connectivity index (χ4n) is 2.69. The van der Waals surface area contributed by atoms with Crippen molar-refractivity contribution < 1.29 is 33.4 Å². The summed E-state index contributed by atoms with van der Waals surface area (Å²) < 4.78 is 10.5. The molecule has 1 aromatic carbocycles. The molecule has 2 aromatic rings. The molecule has 1 aliphatic heterocycles. The second-order valence-electron chi connectivity index (χ2n) is 6.09. The van der Waals surface area contributed by atoms with Gasteiger partial charge in [-0.2, -0.15) is 0 Å². The highest BCUT2D eigenvalue weighted by Crippen LogP contribution is 2.33. The van der Waals surface area contributed by atoms with Crippen LogP contribution in [0.5, 0.6) is 0 Å². The van der Waals surface area contributed by atoms with Gasteiger partial charge in [-0.25, -0.2) is 0 Å². The molecule has 1 aliphatic rings. The monoisotopic (exact) mass is 414 g/mol. The van der Waals surface area contributed by atoms with E-state index in [1.807, 2.05) is 0 Å². The number of imide groups is 1. The summed E-state index contributed by atoms with van der Waals surface area (Å²) in [5.41, 5.74) is 1.39. The SMILES string of the molecule is CCOC(=O)CN1C(=O)S/C(=C/c2ccc(-c3cc(C(=O)[O-])ccc3C)o2)C1=O. The molecule has 8 nitrogen and oxygen atoms in total. The highest BCUT2D eigenvalue weighted by molar-refractivity contribution is 8.18. The Morgan fingerprint density at radius 2 is 2.00 bits per heavy atom. The third-order valence-electron chi connectivity index (χ3n) is 4.10. The molecule has 0 bridgehead atoms. The summed E-state index contributed by atoms with van der Waals surface area (Å²) in [6.07, 6.45) is 1.40. The number of carboxylic acids is 1. The van der Waals surface area contributed by atoms with Crippen LogP contribution >= 0.6 is 11.8 Å². The van der Waals surface area contributed by atoms with E-state index in [1.165, 1.54) is 18.2 Å². The summed E-state index contributed by atoms with van der Waals surface area (Å²) in [7, 11) is 0. The Labute approximate surface area is 170 Å². The average molecular weight is 414 g/mol. The van der Waals surface area contributed by atoms with Gasteiger partial charge < -0.3 is 19.1 Å². The zero-order chi connectivity index (χ0) is 21.1. The molecule has 0 radical (unpaired) electrons. The number of hydrogen-bond acceptors (Lipinski definition) is 8. The molecule has 1 fully saturated rings. The number of hydrogen-bond donors (Lipinski definition) is 0. The average Bonchev–Trinajstić information content (AvgIpc) is 3.22. The topological polar surface area (TPSA) is 117 Å². The van der Waals surface area contributed by atoms with Crippen LogP contribution in [-0.4, -0.2) is 41.1 Å². The number of thioether (sulfide) groups is 1. The standard InChI is InChI=1S/C20H17NO7S/c1-3-27-17(22)10-21-18(23)16(29-20(21)26)9-13-6-7-15(28-13)14-8-12(19(24)25)5-4-11(14)2/h4-9H,3,10H2,1-2H3,(H,24,25)/p-1/b16-9+. The van der Waals surface area contributed by atoms with E-state index in [1.54, 1.807) is 32.0 Å². The van der Waals surface area contributed by atoms with Crippen molar-refractivity contribution in [3.05, 3.63) is 52.1 Å². The fraction of sp³-hybridized carbons (Fsp3) is 0.200. The molecule has 2 amide bonds. The summed E-state index contributed by atoms with van der Waals surface area (Å²) >= 11 is 0.696. The molecule has 0 N–H and O–H groups in total. The lowest BCUT2D eigenvalue weighted by molar-refractivity contribution is -0.255. The van der Waals surface area contributed by atoms with E-state index < -0.39 is 29.6 Å². The highest BCUT2D eigenvalue weighted by Gasteiger charge is 2.36. The number of nitrogens with zero attached hydrogens (tertiary/aromatic N) is 1. The minimum atomic E-state index is -1.30. The first-order chi connectivity index (χ1) is 13.8. The van der Waals surface area contributed by atoms with Crippen LogP contribution in [0, 0.1) is 6.92 Å². The van der Waals surface area contributed by atoms with Gasteiger partial charge in [-0.15, -0.1) is 0 Å². The van der Waals surface area contributed by atoms with Crippen molar-refractivity contribution >= 4 is 40.9 Å². The van der Waals surface area contributed by atoms with E-state index >= 15 is 0 Å². The molecule has 0 saturated carbocycles. The zero-order valence-electron chi connectivity index (χ0n) is 15.6. The summed E-state index contributed by atoms with van der Waals surface area (Å²) in [5, 5.41) is 10.5. The van der Waals surface area contributed by atoms with Crippen molar-refractivity contribution in [2.75, 3.05) is 13.2 Å². The number of carboxylic acid groups (broad SMARTS) is 1. The first kappa shape index (κ1) is 20.4. The predicted molar refractivity (Wildman–Crippen MR) is 103 cm³/mol. The summed E-state index contributed by atoms with van der Waals surface area (Å²) in [4.78, 5) is 48.0. The van der Waals surface area contributed by atoms with Gasteiger partial charge in [0, 0.05) is 11.6 Å². The van der Waals surface area contributed by atoms with Gasteiger partial charge in [0.15, 0.2) is 0 Å². The highest BCUT2D eigenvalue weighted by atomic mass is 32.2. The summed E-state index contributed by atoms with van der Waals surface area (Å²) in [6, 6.07) is 7.76. The molecule has 0 unspecified atom stereocenters. The first-order valence-electron chi connectivity index (χ1n) is 8.63. The Balaban J connectivity index is 1.83. The van der Waals surface area contributed by atoms with Crippen molar-refractivity contribution in [1.82, 2.24) is 4.90 Å². The number of furan rings is 1. The number of benzene rings is 1. The van der Waals surface area contributed by atoms with Gasteiger partial charge in [-0.05, 0) is 54.9 Å². The molecule has 2 heterocycles. The summed E-state index contributed by atoms with van der Waals surface area (Å²) in [5.74, 6) is -1.86. The number of aromatic carboxylic acids is 1. The molecule has 150 valence electrons. The minimum absolute atomic E-state index is 0.0173. The maximum Gasteiger partial charge on any atom is 0.326 e. The van der Waals surface area contributed by atoms with E-state index in [4.69, 9.17) is 9.15 Å². The maximum absolute atomic E-state index is 12.4. The van der Waals surface area contributed by atoms with Crippen LogP contribution in [0.15, 0.2) is 39.7 Å².